The lowest BCUT2D eigenvalue weighted by atomic mass is 9.83. The molecule has 2 fully saturated rings. The van der Waals surface area contributed by atoms with Crippen LogP contribution in [0.4, 0.5) is 0 Å². The van der Waals surface area contributed by atoms with E-state index in [4.69, 9.17) is 4.74 Å². The van der Waals surface area contributed by atoms with E-state index in [9.17, 15) is 9.59 Å². The molecule has 1 aliphatic carbocycles. The summed E-state index contributed by atoms with van der Waals surface area (Å²) in [5.41, 5.74) is -0.275. The first-order valence-corrected chi connectivity index (χ1v) is 7.95. The molecule has 5 nitrogen and oxygen atoms in total. The molecule has 21 heavy (non-hydrogen) atoms. The van der Waals surface area contributed by atoms with Gasteiger partial charge in [0.1, 0.15) is 12.1 Å². The van der Waals surface area contributed by atoms with Gasteiger partial charge in [-0.1, -0.05) is 27.7 Å². The maximum Gasteiger partial charge on any atom is 0.246 e. The minimum Gasteiger partial charge on any atom is -0.381 e. The summed E-state index contributed by atoms with van der Waals surface area (Å²) < 4.78 is 5.42. The molecule has 1 N–H and O–H groups in total. The summed E-state index contributed by atoms with van der Waals surface area (Å²) in [5.74, 6) is 0.0496. The van der Waals surface area contributed by atoms with Crippen LogP contribution in [-0.2, 0) is 14.3 Å². The van der Waals surface area contributed by atoms with Crippen molar-refractivity contribution in [1.29, 1.82) is 0 Å². The summed E-state index contributed by atoms with van der Waals surface area (Å²) in [6.45, 7) is 7.94. The van der Waals surface area contributed by atoms with Gasteiger partial charge in [-0.2, -0.15) is 0 Å². The molecule has 1 heterocycles. The van der Waals surface area contributed by atoms with Crippen LogP contribution >= 0.6 is 0 Å². The quantitative estimate of drug-likeness (QED) is 0.862. The van der Waals surface area contributed by atoms with Crippen LogP contribution < -0.4 is 5.32 Å². The largest absolute Gasteiger partial charge is 0.381 e. The van der Waals surface area contributed by atoms with Gasteiger partial charge in [0.2, 0.25) is 11.8 Å². The summed E-state index contributed by atoms with van der Waals surface area (Å²) >= 11 is 0. The van der Waals surface area contributed by atoms with Crippen molar-refractivity contribution in [1.82, 2.24) is 10.2 Å². The van der Waals surface area contributed by atoms with E-state index >= 15 is 0 Å². The third-order valence-corrected chi connectivity index (χ3v) is 4.76. The van der Waals surface area contributed by atoms with Crippen molar-refractivity contribution in [2.45, 2.75) is 77.6 Å². The van der Waals surface area contributed by atoms with Crippen LogP contribution in [0.2, 0.25) is 0 Å². The summed E-state index contributed by atoms with van der Waals surface area (Å²) in [6.07, 6.45) is 3.58. The zero-order valence-electron chi connectivity index (χ0n) is 13.8. The average Bonchev–Trinajstić information content (AvgIpc) is 2.87. The van der Waals surface area contributed by atoms with Crippen molar-refractivity contribution in [3.8, 4) is 0 Å². The highest BCUT2D eigenvalue weighted by atomic mass is 16.5. The number of rotatable bonds is 3. The smallest absolute Gasteiger partial charge is 0.246 e. The molecule has 2 amide bonds. The fourth-order valence-electron chi connectivity index (χ4n) is 3.52. The number of nitrogens with zero attached hydrogens (tertiary/aromatic N) is 1. The first kappa shape index (κ1) is 16.3. The number of hydrogen-bond acceptors (Lipinski definition) is 3. The molecule has 5 heteroatoms. The predicted octanol–water partition coefficient (Wildman–Crippen LogP) is 1.71. The molecule has 120 valence electrons. The standard InChI is InChI=1S/C16H28N2O3/c1-6-12-14(19)17-13(16(2,3)4)15(20)18(12)10-7-8-11(9-10)21-5/h10-13H,6-9H2,1-5H3,(H,17,19). The van der Waals surface area contributed by atoms with E-state index in [1.807, 2.05) is 32.6 Å². The Morgan fingerprint density at radius 2 is 1.95 bits per heavy atom. The van der Waals surface area contributed by atoms with Gasteiger partial charge >= 0.3 is 0 Å². The van der Waals surface area contributed by atoms with Crippen molar-refractivity contribution in [2.24, 2.45) is 5.41 Å². The molecule has 2 aliphatic rings. The summed E-state index contributed by atoms with van der Waals surface area (Å²) in [5, 5.41) is 2.92. The van der Waals surface area contributed by atoms with Crippen LogP contribution in [0.15, 0.2) is 0 Å². The first-order valence-electron chi connectivity index (χ1n) is 7.95. The summed E-state index contributed by atoms with van der Waals surface area (Å²) in [4.78, 5) is 27.2. The maximum atomic E-state index is 12.9. The lowest BCUT2D eigenvalue weighted by Gasteiger charge is -2.45. The number of piperazine rings is 1. The normalized spacial score (nSPS) is 34.2. The van der Waals surface area contributed by atoms with E-state index in [2.05, 4.69) is 5.32 Å². The van der Waals surface area contributed by atoms with Gasteiger partial charge in [-0.25, -0.2) is 0 Å². The molecule has 1 saturated heterocycles. The average molecular weight is 296 g/mol. The van der Waals surface area contributed by atoms with Crippen molar-refractivity contribution in [3.63, 3.8) is 0 Å². The Hall–Kier alpha value is -1.10. The molecule has 1 saturated carbocycles. The number of ether oxygens (including phenoxy) is 1. The molecule has 4 unspecified atom stereocenters. The highest BCUT2D eigenvalue weighted by molar-refractivity contribution is 5.97. The highest BCUT2D eigenvalue weighted by Gasteiger charge is 2.48. The first-order chi connectivity index (χ1) is 9.79. The lowest BCUT2D eigenvalue weighted by molar-refractivity contribution is -0.155. The van der Waals surface area contributed by atoms with Gasteiger partial charge in [-0.15, -0.1) is 0 Å². The number of hydrogen-bond donors (Lipinski definition) is 1. The Bertz CT molecular complexity index is 416. The number of carbonyl (C=O) groups is 2. The van der Waals surface area contributed by atoms with Gasteiger partial charge in [0, 0.05) is 13.2 Å². The Morgan fingerprint density at radius 1 is 1.29 bits per heavy atom. The number of nitrogens with one attached hydrogen (secondary N) is 1. The third kappa shape index (κ3) is 3.07. The van der Waals surface area contributed by atoms with Gasteiger partial charge in [-0.3, -0.25) is 9.59 Å². The van der Waals surface area contributed by atoms with E-state index < -0.39 is 6.04 Å². The molecule has 0 aromatic carbocycles. The molecule has 0 radical (unpaired) electrons. The Balaban J connectivity index is 2.25. The van der Waals surface area contributed by atoms with E-state index in [1.165, 1.54) is 0 Å². The van der Waals surface area contributed by atoms with Crippen molar-refractivity contribution in [3.05, 3.63) is 0 Å². The topological polar surface area (TPSA) is 58.6 Å². The second kappa shape index (κ2) is 5.95. The van der Waals surface area contributed by atoms with Crippen molar-refractivity contribution in [2.75, 3.05) is 7.11 Å². The molecule has 2 rings (SSSR count). The maximum absolute atomic E-state index is 12.9. The van der Waals surface area contributed by atoms with Crippen LogP contribution in [0, 0.1) is 5.41 Å². The minimum absolute atomic E-state index is 0.0158. The second-order valence-electron chi connectivity index (χ2n) is 7.30. The van der Waals surface area contributed by atoms with Crippen LogP contribution in [0.1, 0.15) is 53.4 Å². The SMILES string of the molecule is CCC1C(=O)NC(C(C)(C)C)C(=O)N1C1CCC(OC)C1. The van der Waals surface area contributed by atoms with Gasteiger partial charge in [0.15, 0.2) is 0 Å². The van der Waals surface area contributed by atoms with Crippen molar-refractivity contribution >= 4 is 11.8 Å². The molecule has 4 atom stereocenters. The Kier molecular flexibility index (Phi) is 4.61. The molecule has 1 aliphatic heterocycles. The zero-order chi connectivity index (χ0) is 15.8. The van der Waals surface area contributed by atoms with Crippen LogP contribution in [0.25, 0.3) is 0 Å². The van der Waals surface area contributed by atoms with Crippen LogP contribution in [0.5, 0.6) is 0 Å². The number of amides is 2. The fraction of sp³-hybridized carbons (Fsp3) is 0.875. The lowest BCUT2D eigenvalue weighted by Crippen LogP contribution is -2.68. The zero-order valence-corrected chi connectivity index (χ0v) is 13.8. The van der Waals surface area contributed by atoms with E-state index in [-0.39, 0.29) is 35.4 Å². The molecule has 0 bridgehead atoms. The Labute approximate surface area is 127 Å². The van der Waals surface area contributed by atoms with Crippen LogP contribution in [-0.4, -0.2) is 48.1 Å². The summed E-state index contributed by atoms with van der Waals surface area (Å²) in [6, 6.07) is -0.644. The predicted molar refractivity (Wildman–Crippen MR) is 80.7 cm³/mol. The van der Waals surface area contributed by atoms with Crippen LogP contribution in [0.3, 0.4) is 0 Å². The number of carbonyl (C=O) groups excluding carboxylic acids is 2. The minimum atomic E-state index is -0.436. The van der Waals surface area contributed by atoms with E-state index in [1.54, 1.807) is 7.11 Å². The number of methoxy groups -OCH3 is 1. The van der Waals surface area contributed by atoms with E-state index in [0.717, 1.165) is 19.3 Å². The fourth-order valence-corrected chi connectivity index (χ4v) is 3.52. The van der Waals surface area contributed by atoms with Gasteiger partial charge in [-0.05, 0) is 31.1 Å². The molecule has 0 aromatic heterocycles. The third-order valence-electron chi connectivity index (χ3n) is 4.76. The monoisotopic (exact) mass is 296 g/mol. The molecular formula is C16H28N2O3. The molecular weight excluding hydrogens is 268 g/mol. The molecule has 0 aromatic rings. The summed E-state index contributed by atoms with van der Waals surface area (Å²) in [7, 11) is 1.72. The van der Waals surface area contributed by atoms with Crippen molar-refractivity contribution < 1.29 is 14.3 Å². The van der Waals surface area contributed by atoms with Gasteiger partial charge in [0.25, 0.3) is 0 Å². The Morgan fingerprint density at radius 3 is 2.43 bits per heavy atom. The van der Waals surface area contributed by atoms with E-state index in [0.29, 0.717) is 6.42 Å². The second-order valence-corrected chi connectivity index (χ2v) is 7.30. The van der Waals surface area contributed by atoms with Gasteiger partial charge in [0.05, 0.1) is 6.10 Å². The highest BCUT2D eigenvalue weighted by Crippen LogP contribution is 2.33. The van der Waals surface area contributed by atoms with Gasteiger partial charge < -0.3 is 15.0 Å². The molecule has 0 spiro atoms.